The van der Waals surface area contributed by atoms with Crippen LogP contribution in [0.15, 0.2) is 30.3 Å². The van der Waals surface area contributed by atoms with Gasteiger partial charge >= 0.3 is 5.97 Å². The van der Waals surface area contributed by atoms with E-state index < -0.39 is 53.3 Å². The predicted octanol–water partition coefficient (Wildman–Crippen LogP) is 1.02. The second-order valence-electron chi connectivity index (χ2n) is 7.66. The van der Waals surface area contributed by atoms with E-state index in [1.165, 1.54) is 14.2 Å². The lowest BCUT2D eigenvalue weighted by molar-refractivity contribution is -0.437. The Hall–Kier alpha value is -2.17. The molecule has 0 bridgehead atoms. The maximum absolute atomic E-state index is 12.7. The molecule has 2 fully saturated rings. The minimum atomic E-state index is -2.54. The normalized spacial score (nSPS) is 37.0. The summed E-state index contributed by atoms with van der Waals surface area (Å²) in [5.41, 5.74) is -2.25. The second-order valence-corrected chi connectivity index (χ2v) is 7.66. The standard InChI is InChI=1S/C21H26O9/c1-19(26-3)20(2,27-4)30-16(12-28-19)15-10-17(23)21(25,18(24)29-15)11-14(22)13-8-6-5-7-9-13/h5-9,15-16,25H,10-12H2,1-4H3/t15?,16-,19+,20+,21-/m0/s1. The number of Topliss-reactive ketones (excluding diaryl/α,β-unsaturated/α-hetero) is 2. The van der Waals surface area contributed by atoms with Gasteiger partial charge in [-0.2, -0.15) is 0 Å². The summed E-state index contributed by atoms with van der Waals surface area (Å²) in [5.74, 6) is -5.09. The van der Waals surface area contributed by atoms with Gasteiger partial charge in [-0.15, -0.1) is 0 Å². The number of aliphatic hydroxyl groups is 1. The lowest BCUT2D eigenvalue weighted by Gasteiger charge is -2.50. The highest BCUT2D eigenvalue weighted by atomic mass is 16.8. The van der Waals surface area contributed by atoms with Crippen molar-refractivity contribution in [3.05, 3.63) is 35.9 Å². The van der Waals surface area contributed by atoms with Gasteiger partial charge in [-0.25, -0.2) is 4.79 Å². The van der Waals surface area contributed by atoms with Gasteiger partial charge in [0.2, 0.25) is 17.2 Å². The molecule has 3 rings (SSSR count). The average molecular weight is 422 g/mol. The third-order valence-corrected chi connectivity index (χ3v) is 5.87. The van der Waals surface area contributed by atoms with Crippen molar-refractivity contribution in [2.75, 3.05) is 20.8 Å². The average Bonchev–Trinajstić information content (AvgIpc) is 2.74. The summed E-state index contributed by atoms with van der Waals surface area (Å²) >= 11 is 0. The lowest BCUT2D eigenvalue weighted by Crippen LogP contribution is -2.66. The Bertz CT molecular complexity index is 805. The van der Waals surface area contributed by atoms with Crippen LogP contribution in [0.25, 0.3) is 0 Å². The molecule has 1 aromatic rings. The number of carbonyl (C=O) groups excluding carboxylic acids is 3. The quantitative estimate of drug-likeness (QED) is 0.407. The van der Waals surface area contributed by atoms with E-state index in [4.69, 9.17) is 23.7 Å². The van der Waals surface area contributed by atoms with Gasteiger partial charge in [0.05, 0.1) is 13.0 Å². The molecule has 1 aromatic carbocycles. The summed E-state index contributed by atoms with van der Waals surface area (Å²) in [6, 6.07) is 8.10. The first-order valence-corrected chi connectivity index (χ1v) is 9.55. The molecule has 2 saturated heterocycles. The maximum atomic E-state index is 12.7. The van der Waals surface area contributed by atoms with E-state index in [0.29, 0.717) is 0 Å². The van der Waals surface area contributed by atoms with E-state index in [9.17, 15) is 19.5 Å². The first-order chi connectivity index (χ1) is 14.1. The van der Waals surface area contributed by atoms with Gasteiger partial charge in [0.1, 0.15) is 12.2 Å². The number of benzene rings is 1. The topological polar surface area (TPSA) is 118 Å². The van der Waals surface area contributed by atoms with Crippen molar-refractivity contribution in [2.24, 2.45) is 0 Å². The van der Waals surface area contributed by atoms with Gasteiger partial charge in [0.25, 0.3) is 0 Å². The van der Waals surface area contributed by atoms with Crippen LogP contribution in [0, 0.1) is 0 Å². The van der Waals surface area contributed by atoms with Crippen LogP contribution in [0.5, 0.6) is 0 Å². The molecule has 9 heteroatoms. The fourth-order valence-electron chi connectivity index (χ4n) is 3.54. The highest BCUT2D eigenvalue weighted by molar-refractivity contribution is 6.13. The van der Waals surface area contributed by atoms with Crippen LogP contribution in [-0.2, 0) is 33.3 Å². The number of hydrogen-bond donors (Lipinski definition) is 1. The Labute approximate surface area is 174 Å². The summed E-state index contributed by atoms with van der Waals surface area (Å²) < 4.78 is 27.8. The van der Waals surface area contributed by atoms with Gasteiger partial charge in [0, 0.05) is 26.2 Å². The van der Waals surface area contributed by atoms with Crippen LogP contribution in [0.1, 0.15) is 37.0 Å². The minimum absolute atomic E-state index is 0.0319. The summed E-state index contributed by atoms with van der Waals surface area (Å²) in [6.45, 7) is 3.21. The fraction of sp³-hybridized carbons (Fsp3) is 0.571. The van der Waals surface area contributed by atoms with Gasteiger partial charge in [-0.3, -0.25) is 9.59 Å². The van der Waals surface area contributed by atoms with Crippen molar-refractivity contribution < 1.29 is 43.2 Å². The third-order valence-electron chi connectivity index (χ3n) is 5.87. The fourth-order valence-corrected chi connectivity index (χ4v) is 3.54. The highest BCUT2D eigenvalue weighted by Gasteiger charge is 2.58. The van der Waals surface area contributed by atoms with E-state index >= 15 is 0 Å². The molecule has 1 N–H and O–H groups in total. The summed E-state index contributed by atoms with van der Waals surface area (Å²) in [7, 11) is 2.85. The molecular weight excluding hydrogens is 396 g/mol. The monoisotopic (exact) mass is 422 g/mol. The smallest absolute Gasteiger partial charge is 0.346 e. The zero-order valence-electron chi connectivity index (χ0n) is 17.4. The molecule has 0 saturated carbocycles. The Kier molecular flexibility index (Phi) is 6.13. The predicted molar refractivity (Wildman–Crippen MR) is 101 cm³/mol. The molecular formula is C21H26O9. The van der Waals surface area contributed by atoms with Crippen molar-refractivity contribution in [2.45, 2.75) is 56.1 Å². The van der Waals surface area contributed by atoms with Crippen LogP contribution in [0.4, 0.5) is 0 Å². The summed E-state index contributed by atoms with van der Waals surface area (Å²) in [4.78, 5) is 37.7. The molecule has 164 valence electrons. The number of ether oxygens (including phenoxy) is 5. The van der Waals surface area contributed by atoms with Crippen molar-refractivity contribution in [1.29, 1.82) is 0 Å². The van der Waals surface area contributed by atoms with Crippen LogP contribution in [0.2, 0.25) is 0 Å². The molecule has 0 amide bonds. The lowest BCUT2D eigenvalue weighted by atomic mass is 9.84. The van der Waals surface area contributed by atoms with Gasteiger partial charge < -0.3 is 28.8 Å². The van der Waals surface area contributed by atoms with E-state index in [-0.39, 0.29) is 18.6 Å². The summed E-state index contributed by atoms with van der Waals surface area (Å²) in [5, 5.41) is 10.7. The number of carbonyl (C=O) groups is 3. The van der Waals surface area contributed by atoms with Crippen LogP contribution in [0.3, 0.4) is 0 Å². The third kappa shape index (κ3) is 3.79. The molecule has 2 aliphatic rings. The number of hydrogen-bond acceptors (Lipinski definition) is 9. The first-order valence-electron chi connectivity index (χ1n) is 9.55. The molecule has 0 aromatic heterocycles. The molecule has 0 radical (unpaired) electrons. The maximum Gasteiger partial charge on any atom is 0.346 e. The summed E-state index contributed by atoms with van der Waals surface area (Å²) in [6.07, 6.45) is -2.86. The van der Waals surface area contributed by atoms with Gasteiger partial charge in [-0.1, -0.05) is 30.3 Å². The SMILES string of the molecule is CO[C@]1(C)OC[C@@H](C2CC(=O)[C@@](O)(CC(=O)c3ccccc3)C(=O)O2)O[C@@]1(C)OC. The molecule has 2 heterocycles. The number of cyclic esters (lactones) is 1. The molecule has 30 heavy (non-hydrogen) atoms. The molecule has 0 spiro atoms. The van der Waals surface area contributed by atoms with Gasteiger partial charge in [-0.05, 0) is 13.8 Å². The molecule has 5 atom stereocenters. The van der Waals surface area contributed by atoms with Crippen LogP contribution in [-0.4, -0.2) is 72.9 Å². The molecule has 2 aliphatic heterocycles. The number of rotatable bonds is 6. The van der Waals surface area contributed by atoms with E-state index in [0.717, 1.165) is 0 Å². The van der Waals surface area contributed by atoms with E-state index in [1.54, 1.807) is 44.2 Å². The first kappa shape index (κ1) is 22.5. The van der Waals surface area contributed by atoms with Crippen molar-refractivity contribution in [3.8, 4) is 0 Å². The highest BCUT2D eigenvalue weighted by Crippen LogP contribution is 2.39. The Morgan fingerprint density at radius 3 is 2.30 bits per heavy atom. The number of esters is 1. The Morgan fingerprint density at radius 2 is 1.73 bits per heavy atom. The number of ketones is 2. The van der Waals surface area contributed by atoms with E-state index in [1.807, 2.05) is 0 Å². The van der Waals surface area contributed by atoms with Crippen molar-refractivity contribution in [3.63, 3.8) is 0 Å². The van der Waals surface area contributed by atoms with Gasteiger partial charge in [0.15, 0.2) is 11.6 Å². The largest absolute Gasteiger partial charge is 0.457 e. The van der Waals surface area contributed by atoms with E-state index in [2.05, 4.69) is 0 Å². The molecule has 0 aliphatic carbocycles. The molecule has 9 nitrogen and oxygen atoms in total. The second kappa shape index (κ2) is 8.16. The zero-order chi connectivity index (χ0) is 22.2. The van der Waals surface area contributed by atoms with Crippen molar-refractivity contribution in [1.82, 2.24) is 0 Å². The zero-order valence-corrected chi connectivity index (χ0v) is 17.4. The Balaban J connectivity index is 1.73. The number of methoxy groups -OCH3 is 2. The Morgan fingerprint density at radius 1 is 1.10 bits per heavy atom. The molecule has 1 unspecified atom stereocenters. The van der Waals surface area contributed by atoms with Crippen molar-refractivity contribution >= 4 is 17.5 Å². The van der Waals surface area contributed by atoms with Crippen LogP contribution < -0.4 is 0 Å². The van der Waals surface area contributed by atoms with Crippen LogP contribution >= 0.6 is 0 Å². The minimum Gasteiger partial charge on any atom is -0.457 e.